The van der Waals surface area contributed by atoms with Gasteiger partial charge in [-0.2, -0.15) is 0 Å². The third kappa shape index (κ3) is 2.21. The van der Waals surface area contributed by atoms with Crippen LogP contribution in [0.4, 0.5) is 0 Å². The fraction of sp³-hybridized carbons (Fsp3) is 0.864. The summed E-state index contributed by atoms with van der Waals surface area (Å²) in [6.07, 6.45) is 12.0. The van der Waals surface area contributed by atoms with E-state index in [1.807, 2.05) is 0 Å². The van der Waals surface area contributed by atoms with E-state index >= 15 is 0 Å². The van der Waals surface area contributed by atoms with E-state index in [-0.39, 0.29) is 16.6 Å². The Morgan fingerprint density at radius 1 is 1.15 bits per heavy atom. The predicted molar refractivity (Wildman–Crippen MR) is 99.3 cm³/mol. The second-order valence-corrected chi connectivity index (χ2v) is 9.74. The minimum absolute atomic E-state index is 0.0516. The van der Waals surface area contributed by atoms with Crippen LogP contribution in [0.2, 0.25) is 0 Å². The van der Waals surface area contributed by atoms with Crippen LogP contribution in [0.15, 0.2) is 11.6 Å². The minimum Gasteiger partial charge on any atom is -0.347 e. The van der Waals surface area contributed by atoms with Crippen LogP contribution in [0.3, 0.4) is 0 Å². The van der Waals surface area contributed by atoms with Gasteiger partial charge >= 0.3 is 0 Å². The van der Waals surface area contributed by atoms with Crippen molar-refractivity contribution in [2.45, 2.75) is 70.5 Å². The number of ketones is 1. The Kier molecular flexibility index (Phi) is 3.94. The van der Waals surface area contributed by atoms with E-state index in [0.29, 0.717) is 23.5 Å². The molecule has 2 N–H and O–H groups in total. The van der Waals surface area contributed by atoms with Crippen LogP contribution in [-0.2, 0) is 14.3 Å². The molecule has 5 aliphatic rings. The summed E-state index contributed by atoms with van der Waals surface area (Å²) in [5.74, 6) is 2.10. The molecular formula is C22H33NO3. The summed E-state index contributed by atoms with van der Waals surface area (Å²) in [6, 6.07) is 0. The summed E-state index contributed by atoms with van der Waals surface area (Å²) in [5, 5.41) is 0. The number of rotatable bonds is 2. The lowest BCUT2D eigenvalue weighted by Gasteiger charge is -2.59. The van der Waals surface area contributed by atoms with Gasteiger partial charge in [-0.3, -0.25) is 4.79 Å². The van der Waals surface area contributed by atoms with E-state index in [2.05, 4.69) is 13.0 Å². The summed E-state index contributed by atoms with van der Waals surface area (Å²) >= 11 is 0. The molecule has 4 heteroatoms. The molecule has 0 bridgehead atoms. The quantitative estimate of drug-likeness (QED) is 0.766. The van der Waals surface area contributed by atoms with E-state index in [1.165, 1.54) is 6.42 Å². The Morgan fingerprint density at radius 2 is 1.96 bits per heavy atom. The number of hydrogen-bond acceptors (Lipinski definition) is 4. The molecule has 144 valence electrons. The van der Waals surface area contributed by atoms with E-state index in [0.717, 1.165) is 71.1 Å². The van der Waals surface area contributed by atoms with Crippen molar-refractivity contribution in [1.29, 1.82) is 0 Å². The van der Waals surface area contributed by atoms with Gasteiger partial charge < -0.3 is 15.2 Å². The van der Waals surface area contributed by atoms with E-state index < -0.39 is 0 Å². The maximum atomic E-state index is 12.6. The molecular weight excluding hydrogens is 326 g/mol. The normalized spacial score (nSPS) is 46.6. The predicted octanol–water partition coefficient (Wildman–Crippen LogP) is 3.59. The molecule has 4 aliphatic carbocycles. The summed E-state index contributed by atoms with van der Waals surface area (Å²) in [7, 11) is 0. The van der Waals surface area contributed by atoms with Gasteiger partial charge in [0.05, 0.1) is 13.2 Å². The van der Waals surface area contributed by atoms with Gasteiger partial charge in [0, 0.05) is 24.7 Å². The molecule has 0 aromatic heterocycles. The molecule has 1 spiro atoms. The van der Waals surface area contributed by atoms with Crippen LogP contribution >= 0.6 is 0 Å². The number of Topliss-reactive ketones (excluding diaryl/α,β-unsaturated/α-hetero) is 1. The average molecular weight is 360 g/mol. The SMILES string of the molecule is C[C@]12CC[C@H]3[C@@H](CC=C4CC5(CCC43CCN)OCCO5)[C@@H]1CCC2=O. The first-order chi connectivity index (χ1) is 12.5. The summed E-state index contributed by atoms with van der Waals surface area (Å²) < 4.78 is 12.1. The average Bonchev–Trinajstić information content (AvgIpc) is 3.21. The third-order valence-corrected chi connectivity index (χ3v) is 8.95. The fourth-order valence-electron chi connectivity index (χ4n) is 7.65. The molecule has 26 heavy (non-hydrogen) atoms. The number of ether oxygens (including phenoxy) is 2. The van der Waals surface area contributed by atoms with Crippen LogP contribution < -0.4 is 5.73 Å². The highest BCUT2D eigenvalue weighted by atomic mass is 16.7. The van der Waals surface area contributed by atoms with Crippen LogP contribution in [0.5, 0.6) is 0 Å². The Balaban J connectivity index is 1.50. The summed E-state index contributed by atoms with van der Waals surface area (Å²) in [5.41, 5.74) is 7.88. The highest BCUT2D eigenvalue weighted by Crippen LogP contribution is 2.66. The second kappa shape index (κ2) is 5.89. The van der Waals surface area contributed by atoms with Crippen LogP contribution in [0.25, 0.3) is 0 Å². The largest absolute Gasteiger partial charge is 0.347 e. The first kappa shape index (κ1) is 17.4. The number of allylic oxidation sites excluding steroid dienone is 1. The standard InChI is InChI=1S/C22H33NO3/c1-20-7-6-18-16(17(20)4-5-19(20)24)3-2-15-14-22(25-12-13-26-22)9-8-21(15,18)10-11-23/h2,16-18H,3-14,23H2,1H3/t16-,17-,18-,20-,21?/m0/s1. The zero-order valence-electron chi connectivity index (χ0n) is 16.1. The number of nitrogens with two attached hydrogens (primary N) is 1. The lowest BCUT2D eigenvalue weighted by molar-refractivity contribution is -0.187. The molecule has 5 rings (SSSR count). The topological polar surface area (TPSA) is 61.6 Å². The molecule has 1 unspecified atom stereocenters. The fourth-order valence-corrected chi connectivity index (χ4v) is 7.65. The Morgan fingerprint density at radius 3 is 2.73 bits per heavy atom. The van der Waals surface area contributed by atoms with E-state index in [1.54, 1.807) is 5.57 Å². The van der Waals surface area contributed by atoms with Gasteiger partial charge in [-0.05, 0) is 68.2 Å². The minimum atomic E-state index is -0.358. The molecule has 3 saturated carbocycles. The number of carbonyl (C=O) groups is 1. The van der Waals surface area contributed by atoms with Crippen molar-refractivity contribution in [1.82, 2.24) is 0 Å². The zero-order valence-corrected chi connectivity index (χ0v) is 16.1. The van der Waals surface area contributed by atoms with Crippen LogP contribution in [0.1, 0.15) is 64.7 Å². The van der Waals surface area contributed by atoms with Gasteiger partial charge in [0.15, 0.2) is 5.79 Å². The van der Waals surface area contributed by atoms with Crippen molar-refractivity contribution >= 4 is 5.78 Å². The van der Waals surface area contributed by atoms with Crippen molar-refractivity contribution in [3.05, 3.63) is 11.6 Å². The Bertz CT molecular complexity index is 637. The lowest BCUT2D eigenvalue weighted by atomic mass is 9.46. The number of fused-ring (bicyclic) bond motifs is 5. The van der Waals surface area contributed by atoms with Gasteiger partial charge in [0.1, 0.15) is 5.78 Å². The second-order valence-electron chi connectivity index (χ2n) is 9.74. The third-order valence-electron chi connectivity index (χ3n) is 8.95. The zero-order chi connectivity index (χ0) is 18.0. The Labute approximate surface area is 156 Å². The highest BCUT2D eigenvalue weighted by Gasteiger charge is 2.61. The van der Waals surface area contributed by atoms with E-state index in [4.69, 9.17) is 15.2 Å². The molecule has 4 fully saturated rings. The van der Waals surface area contributed by atoms with Gasteiger partial charge in [0.25, 0.3) is 0 Å². The maximum absolute atomic E-state index is 12.6. The molecule has 0 aromatic carbocycles. The molecule has 1 aliphatic heterocycles. The van der Waals surface area contributed by atoms with Gasteiger partial charge in [-0.1, -0.05) is 18.6 Å². The van der Waals surface area contributed by atoms with Crippen molar-refractivity contribution in [3.8, 4) is 0 Å². The monoisotopic (exact) mass is 359 g/mol. The van der Waals surface area contributed by atoms with Crippen molar-refractivity contribution in [2.75, 3.05) is 19.8 Å². The molecule has 0 amide bonds. The lowest BCUT2D eigenvalue weighted by Crippen LogP contribution is -2.54. The molecule has 5 atom stereocenters. The van der Waals surface area contributed by atoms with Crippen LogP contribution in [-0.4, -0.2) is 31.3 Å². The summed E-state index contributed by atoms with van der Waals surface area (Å²) in [6.45, 7) is 4.46. The first-order valence-corrected chi connectivity index (χ1v) is 10.7. The smallest absolute Gasteiger partial charge is 0.172 e. The van der Waals surface area contributed by atoms with Gasteiger partial charge in [-0.15, -0.1) is 0 Å². The molecule has 4 nitrogen and oxygen atoms in total. The maximum Gasteiger partial charge on any atom is 0.172 e. The van der Waals surface area contributed by atoms with Crippen molar-refractivity contribution < 1.29 is 14.3 Å². The molecule has 1 saturated heterocycles. The molecule has 0 radical (unpaired) electrons. The van der Waals surface area contributed by atoms with Crippen molar-refractivity contribution in [2.24, 2.45) is 34.3 Å². The molecule has 0 aromatic rings. The van der Waals surface area contributed by atoms with Gasteiger partial charge in [0.2, 0.25) is 0 Å². The van der Waals surface area contributed by atoms with Crippen LogP contribution in [0, 0.1) is 28.6 Å². The summed E-state index contributed by atoms with van der Waals surface area (Å²) in [4.78, 5) is 12.6. The highest BCUT2D eigenvalue weighted by molar-refractivity contribution is 5.87. The van der Waals surface area contributed by atoms with E-state index in [9.17, 15) is 4.79 Å². The van der Waals surface area contributed by atoms with Gasteiger partial charge in [-0.25, -0.2) is 0 Å². The molecule has 1 heterocycles. The number of hydrogen-bond donors (Lipinski definition) is 1. The Hall–Kier alpha value is -0.710. The first-order valence-electron chi connectivity index (χ1n) is 10.7. The van der Waals surface area contributed by atoms with Crippen molar-refractivity contribution in [3.63, 3.8) is 0 Å². The number of carbonyl (C=O) groups excluding carboxylic acids is 1.